The molecule has 1 unspecified atom stereocenters. The zero-order valence-electron chi connectivity index (χ0n) is 14.9. The number of nitriles is 1. The van der Waals surface area contributed by atoms with Crippen LogP contribution in [0.3, 0.4) is 0 Å². The first-order chi connectivity index (χ1) is 12.6. The molecule has 0 spiro atoms. The molecular weight excluding hydrogens is 435 g/mol. The van der Waals surface area contributed by atoms with Crippen molar-refractivity contribution in [2.24, 2.45) is 0 Å². The Morgan fingerprint density at radius 2 is 1.96 bits per heavy atom. The number of hydrogen-bond donors (Lipinski definition) is 0. The number of hydrogen-bond acceptors (Lipinski definition) is 2. The van der Waals surface area contributed by atoms with Gasteiger partial charge in [0, 0.05) is 11.1 Å². The van der Waals surface area contributed by atoms with Crippen molar-refractivity contribution >= 4 is 33.5 Å². The van der Waals surface area contributed by atoms with Gasteiger partial charge in [-0.05, 0) is 29.7 Å². The third-order valence-corrected chi connectivity index (χ3v) is 5.43. The summed E-state index contributed by atoms with van der Waals surface area (Å²) in [7, 11) is 0. The lowest BCUT2D eigenvalue weighted by atomic mass is 10.0. The van der Waals surface area contributed by atoms with E-state index in [-0.39, 0.29) is 9.97 Å². The molecule has 4 heteroatoms. The maximum atomic E-state index is 9.80. The first-order valence-electron chi connectivity index (χ1n) is 8.58. The number of ether oxygens (including phenoxy) is 1. The summed E-state index contributed by atoms with van der Waals surface area (Å²) < 4.78 is 8.25. The second-order valence-corrected chi connectivity index (χ2v) is 7.73. The zero-order chi connectivity index (χ0) is 18.7. The van der Waals surface area contributed by atoms with Gasteiger partial charge in [0.2, 0.25) is 0 Å². The maximum absolute atomic E-state index is 9.80. The quantitative estimate of drug-likeness (QED) is 0.247. The molecular formula is C22H21IN2O. The van der Waals surface area contributed by atoms with Gasteiger partial charge in [-0.2, -0.15) is 5.26 Å². The van der Waals surface area contributed by atoms with Crippen molar-refractivity contribution in [3.8, 4) is 11.8 Å². The van der Waals surface area contributed by atoms with Crippen LogP contribution in [0.15, 0.2) is 61.2 Å². The van der Waals surface area contributed by atoms with Crippen molar-refractivity contribution in [3.63, 3.8) is 0 Å². The topological polar surface area (TPSA) is 38.0 Å². The molecule has 0 aliphatic rings. The van der Waals surface area contributed by atoms with E-state index in [1.807, 2.05) is 54.6 Å². The number of halogens is 1. The average Bonchev–Trinajstić information content (AvgIpc) is 3.00. The molecule has 0 aliphatic heterocycles. The van der Waals surface area contributed by atoms with Crippen molar-refractivity contribution in [1.82, 2.24) is 4.57 Å². The van der Waals surface area contributed by atoms with E-state index in [0.29, 0.717) is 6.61 Å². The number of fused-ring (bicyclic) bond motifs is 1. The number of aromatic nitrogens is 1. The Kier molecular flexibility index (Phi) is 5.67. The van der Waals surface area contributed by atoms with Crippen LogP contribution in [0.25, 0.3) is 10.9 Å². The molecule has 0 saturated heterocycles. The highest BCUT2D eigenvalue weighted by atomic mass is 127. The molecule has 3 nitrogen and oxygen atoms in total. The summed E-state index contributed by atoms with van der Waals surface area (Å²) in [5, 5.41) is 10.7. The van der Waals surface area contributed by atoms with Gasteiger partial charge in [0.05, 0.1) is 11.1 Å². The summed E-state index contributed by atoms with van der Waals surface area (Å²) in [6, 6.07) is 18.5. The van der Waals surface area contributed by atoms with Crippen LogP contribution in [0.1, 0.15) is 40.6 Å². The minimum absolute atomic E-state index is 0.0886. The molecule has 2 aromatic carbocycles. The van der Waals surface area contributed by atoms with Crippen molar-refractivity contribution in [3.05, 3.63) is 78.0 Å². The lowest BCUT2D eigenvalue weighted by Crippen LogP contribution is -2.06. The van der Waals surface area contributed by atoms with Crippen molar-refractivity contribution < 1.29 is 4.74 Å². The third-order valence-electron chi connectivity index (χ3n) is 4.36. The molecule has 0 fully saturated rings. The van der Waals surface area contributed by atoms with Crippen molar-refractivity contribution in [1.29, 1.82) is 5.26 Å². The van der Waals surface area contributed by atoms with E-state index in [2.05, 4.69) is 53.7 Å². The van der Waals surface area contributed by atoms with E-state index < -0.39 is 0 Å². The highest BCUT2D eigenvalue weighted by Gasteiger charge is 2.22. The van der Waals surface area contributed by atoms with Crippen molar-refractivity contribution in [2.45, 2.75) is 30.4 Å². The standard InChI is InChI=1S/C22H21IN2O/c1-4-21(23)25-20-11-10-17(26-14-16-8-6-5-7-9-16)12-18(20)19(13-24)22(25)15(2)3/h4-12,15,21H,1,14H2,2-3H3. The van der Waals surface area contributed by atoms with Crippen molar-refractivity contribution in [2.75, 3.05) is 0 Å². The Balaban J connectivity index is 2.06. The van der Waals surface area contributed by atoms with Gasteiger partial charge < -0.3 is 9.30 Å². The van der Waals surface area contributed by atoms with Crippen LogP contribution in [0, 0.1) is 11.3 Å². The SMILES string of the molecule is C=CC(I)n1c(C(C)C)c(C#N)c2cc(OCc3ccccc3)ccc21. The second-order valence-electron chi connectivity index (χ2n) is 6.46. The normalized spacial score (nSPS) is 12.1. The number of nitrogens with zero attached hydrogens (tertiary/aromatic N) is 2. The molecule has 1 aromatic heterocycles. The molecule has 1 heterocycles. The fourth-order valence-electron chi connectivity index (χ4n) is 3.20. The number of rotatable bonds is 6. The molecule has 0 radical (unpaired) electrons. The van der Waals surface area contributed by atoms with Gasteiger partial charge >= 0.3 is 0 Å². The predicted octanol–water partition coefficient (Wildman–Crippen LogP) is 6.33. The minimum Gasteiger partial charge on any atom is -0.489 e. The van der Waals surface area contributed by atoms with Crippen LogP contribution < -0.4 is 4.74 Å². The van der Waals surface area contributed by atoms with Gasteiger partial charge in [0.1, 0.15) is 22.5 Å². The molecule has 3 aromatic rings. The van der Waals surface area contributed by atoms with Crippen LogP contribution in [0.5, 0.6) is 5.75 Å². The molecule has 0 aliphatic carbocycles. The Morgan fingerprint density at radius 1 is 1.23 bits per heavy atom. The fraction of sp³-hybridized carbons (Fsp3) is 0.227. The smallest absolute Gasteiger partial charge is 0.120 e. The molecule has 0 N–H and O–H groups in total. The molecule has 132 valence electrons. The van der Waals surface area contributed by atoms with E-state index in [1.165, 1.54) is 0 Å². The Morgan fingerprint density at radius 3 is 2.58 bits per heavy atom. The lowest BCUT2D eigenvalue weighted by molar-refractivity contribution is 0.306. The Hall–Kier alpha value is -2.26. The molecule has 0 bridgehead atoms. The van der Waals surface area contributed by atoms with Crippen LogP contribution in [-0.4, -0.2) is 4.57 Å². The van der Waals surface area contributed by atoms with Crippen LogP contribution >= 0.6 is 22.6 Å². The molecule has 1 atom stereocenters. The first kappa shape index (κ1) is 18.5. The fourth-order valence-corrected chi connectivity index (χ4v) is 3.80. The van der Waals surface area contributed by atoms with E-state index in [0.717, 1.165) is 33.5 Å². The van der Waals surface area contributed by atoms with Gasteiger partial charge in [-0.15, -0.1) is 6.58 Å². The van der Waals surface area contributed by atoms with E-state index >= 15 is 0 Å². The summed E-state index contributed by atoms with van der Waals surface area (Å²) >= 11 is 2.35. The van der Waals surface area contributed by atoms with Gasteiger partial charge in [-0.25, -0.2) is 0 Å². The summed E-state index contributed by atoms with van der Waals surface area (Å²) in [4.78, 5) is 0. The largest absolute Gasteiger partial charge is 0.489 e. The average molecular weight is 456 g/mol. The lowest BCUT2D eigenvalue weighted by Gasteiger charge is -2.16. The summed E-state index contributed by atoms with van der Waals surface area (Å²) in [5.74, 6) is 1.01. The van der Waals surface area contributed by atoms with E-state index in [1.54, 1.807) is 0 Å². The molecule has 0 amide bonds. The summed E-state index contributed by atoms with van der Waals surface area (Å²) in [5.41, 5.74) is 3.93. The predicted molar refractivity (Wildman–Crippen MR) is 115 cm³/mol. The zero-order valence-corrected chi connectivity index (χ0v) is 17.1. The highest BCUT2D eigenvalue weighted by molar-refractivity contribution is 14.1. The van der Waals surface area contributed by atoms with Gasteiger partial charge in [0.15, 0.2) is 0 Å². The maximum Gasteiger partial charge on any atom is 0.120 e. The van der Waals surface area contributed by atoms with Crippen LogP contribution in [0.2, 0.25) is 0 Å². The monoisotopic (exact) mass is 456 g/mol. The molecule has 0 saturated carbocycles. The van der Waals surface area contributed by atoms with Crippen LogP contribution in [-0.2, 0) is 6.61 Å². The summed E-state index contributed by atoms with van der Waals surface area (Å²) in [6.07, 6.45) is 1.90. The number of benzene rings is 2. The van der Waals surface area contributed by atoms with Gasteiger partial charge in [0.25, 0.3) is 0 Å². The highest BCUT2D eigenvalue weighted by Crippen LogP contribution is 2.37. The Labute approximate surface area is 168 Å². The Bertz CT molecular complexity index is 967. The third kappa shape index (κ3) is 3.49. The van der Waals surface area contributed by atoms with E-state index in [9.17, 15) is 5.26 Å². The summed E-state index contributed by atoms with van der Waals surface area (Å²) in [6.45, 7) is 8.66. The number of alkyl halides is 1. The van der Waals surface area contributed by atoms with Gasteiger partial charge in [-0.1, -0.05) is 72.8 Å². The minimum atomic E-state index is 0.0886. The number of allylic oxidation sites excluding steroid dienone is 1. The second kappa shape index (κ2) is 7.96. The van der Waals surface area contributed by atoms with Crippen LogP contribution in [0.4, 0.5) is 0 Å². The van der Waals surface area contributed by atoms with E-state index in [4.69, 9.17) is 4.74 Å². The van der Waals surface area contributed by atoms with Gasteiger partial charge in [-0.3, -0.25) is 0 Å². The first-order valence-corrected chi connectivity index (χ1v) is 9.82. The molecule has 26 heavy (non-hydrogen) atoms. The molecule has 3 rings (SSSR count).